The number of thioether (sulfide) groups is 1. The predicted molar refractivity (Wildman–Crippen MR) is 86.6 cm³/mol. The summed E-state index contributed by atoms with van der Waals surface area (Å²) in [7, 11) is 0. The minimum Gasteiger partial charge on any atom is -0.444 e. The van der Waals surface area contributed by atoms with Gasteiger partial charge in [-0.2, -0.15) is 0 Å². The number of carbonyl (C=O) groups excluding carboxylic acids is 2. The van der Waals surface area contributed by atoms with Crippen LogP contribution < -0.4 is 5.73 Å². The zero-order valence-corrected chi connectivity index (χ0v) is 13.0. The van der Waals surface area contributed by atoms with E-state index in [1.165, 1.54) is 0 Å². The van der Waals surface area contributed by atoms with Crippen molar-refractivity contribution in [3.05, 3.63) is 65.7 Å². The molecule has 0 spiro atoms. The Hall–Kier alpha value is -2.27. The summed E-state index contributed by atoms with van der Waals surface area (Å²) in [6.45, 7) is 2.00. The lowest BCUT2D eigenvalue weighted by molar-refractivity contribution is -0.127. The molecule has 0 aliphatic rings. The van der Waals surface area contributed by atoms with E-state index in [1.54, 1.807) is 48.2 Å². The van der Waals surface area contributed by atoms with Crippen molar-refractivity contribution < 1.29 is 14.3 Å². The van der Waals surface area contributed by atoms with Crippen LogP contribution in [0.1, 0.15) is 28.9 Å². The summed E-state index contributed by atoms with van der Waals surface area (Å²) >= 11 is 1.54. The van der Waals surface area contributed by atoms with Crippen LogP contribution in [0.5, 0.6) is 0 Å². The highest BCUT2D eigenvalue weighted by atomic mass is 32.2. The molecule has 4 nitrogen and oxygen atoms in total. The van der Waals surface area contributed by atoms with Gasteiger partial charge < -0.3 is 10.5 Å². The zero-order valence-electron chi connectivity index (χ0n) is 12.2. The summed E-state index contributed by atoms with van der Waals surface area (Å²) in [5.41, 5.74) is 6.37. The summed E-state index contributed by atoms with van der Waals surface area (Å²) in [5, 5.41) is 0. The maximum atomic E-state index is 12.4. The molecule has 0 bridgehead atoms. The monoisotopic (exact) mass is 315 g/mol. The van der Waals surface area contributed by atoms with Gasteiger partial charge in [-0.05, 0) is 17.9 Å². The lowest BCUT2D eigenvalue weighted by atomic mass is 10.1. The van der Waals surface area contributed by atoms with Crippen molar-refractivity contribution in [3.8, 4) is 0 Å². The summed E-state index contributed by atoms with van der Waals surface area (Å²) in [6.07, 6.45) is -1.09. The number of hydrogen-bond acceptors (Lipinski definition) is 4. The Morgan fingerprint density at radius 1 is 1.09 bits per heavy atom. The number of benzene rings is 2. The molecule has 1 unspecified atom stereocenters. The van der Waals surface area contributed by atoms with Gasteiger partial charge in [0.25, 0.3) is 5.91 Å². The number of nitrogens with two attached hydrogens (primary N) is 1. The van der Waals surface area contributed by atoms with E-state index in [9.17, 15) is 9.59 Å². The van der Waals surface area contributed by atoms with Gasteiger partial charge in [-0.3, -0.25) is 4.79 Å². The molecule has 1 amide bonds. The van der Waals surface area contributed by atoms with Gasteiger partial charge in [0.2, 0.25) is 6.10 Å². The summed E-state index contributed by atoms with van der Waals surface area (Å²) in [5.74, 6) is -0.410. The first kappa shape index (κ1) is 16.1. The fourth-order valence-corrected chi connectivity index (χ4v) is 2.80. The highest BCUT2D eigenvalue weighted by molar-refractivity contribution is 7.99. The van der Waals surface area contributed by atoms with Gasteiger partial charge in [-0.1, -0.05) is 49.4 Å². The largest absolute Gasteiger partial charge is 0.444 e. The third-order valence-electron chi connectivity index (χ3n) is 2.99. The minimum atomic E-state index is -1.09. The zero-order chi connectivity index (χ0) is 15.9. The molecule has 2 N–H and O–H groups in total. The molecule has 0 aliphatic heterocycles. The first-order valence-electron chi connectivity index (χ1n) is 6.90. The average Bonchev–Trinajstić information content (AvgIpc) is 2.54. The second-order valence-electron chi connectivity index (χ2n) is 4.53. The minimum absolute atomic E-state index is 0.441. The van der Waals surface area contributed by atoms with Crippen molar-refractivity contribution >= 4 is 23.6 Å². The van der Waals surface area contributed by atoms with E-state index in [1.807, 2.05) is 25.1 Å². The van der Waals surface area contributed by atoms with Crippen molar-refractivity contribution in [2.45, 2.75) is 17.9 Å². The highest BCUT2D eigenvalue weighted by Gasteiger charge is 2.24. The molecule has 114 valence electrons. The molecule has 22 heavy (non-hydrogen) atoms. The van der Waals surface area contributed by atoms with Gasteiger partial charge in [0.15, 0.2) is 0 Å². The molecule has 0 aromatic heterocycles. The topological polar surface area (TPSA) is 69.4 Å². The van der Waals surface area contributed by atoms with E-state index in [-0.39, 0.29) is 0 Å². The van der Waals surface area contributed by atoms with Crippen LogP contribution in [0.25, 0.3) is 0 Å². The molecular formula is C17H17NO3S. The van der Waals surface area contributed by atoms with Gasteiger partial charge in [0.05, 0.1) is 5.56 Å². The fourth-order valence-electron chi connectivity index (χ4n) is 2.01. The van der Waals surface area contributed by atoms with E-state index in [0.717, 1.165) is 10.6 Å². The van der Waals surface area contributed by atoms with Gasteiger partial charge in [0.1, 0.15) is 0 Å². The van der Waals surface area contributed by atoms with Crippen molar-refractivity contribution in [2.24, 2.45) is 5.73 Å². The van der Waals surface area contributed by atoms with E-state index < -0.39 is 18.0 Å². The van der Waals surface area contributed by atoms with E-state index in [4.69, 9.17) is 10.5 Å². The SMILES string of the molecule is CCSc1ccccc1C(=O)OC(C(N)=O)c1ccccc1. The predicted octanol–water partition coefficient (Wildman–Crippen LogP) is 3.18. The molecule has 5 heteroatoms. The van der Waals surface area contributed by atoms with Crippen molar-refractivity contribution in [3.63, 3.8) is 0 Å². The molecule has 0 fully saturated rings. The van der Waals surface area contributed by atoms with Crippen LogP contribution in [0.3, 0.4) is 0 Å². The Labute approximate surface area is 133 Å². The molecule has 2 rings (SSSR count). The van der Waals surface area contributed by atoms with Crippen LogP contribution in [0, 0.1) is 0 Å². The first-order valence-corrected chi connectivity index (χ1v) is 7.89. The Balaban J connectivity index is 2.24. The van der Waals surface area contributed by atoms with E-state index >= 15 is 0 Å². The molecule has 0 saturated heterocycles. The maximum Gasteiger partial charge on any atom is 0.340 e. The Bertz CT molecular complexity index is 658. The highest BCUT2D eigenvalue weighted by Crippen LogP contribution is 2.25. The van der Waals surface area contributed by atoms with Crippen LogP contribution in [0.2, 0.25) is 0 Å². The third-order valence-corrected chi connectivity index (χ3v) is 3.95. The number of carbonyl (C=O) groups is 2. The normalized spacial score (nSPS) is 11.7. The van der Waals surface area contributed by atoms with Crippen molar-refractivity contribution in [1.82, 2.24) is 0 Å². The van der Waals surface area contributed by atoms with Crippen LogP contribution in [0.15, 0.2) is 59.5 Å². The molecule has 0 aliphatic carbocycles. The van der Waals surface area contributed by atoms with E-state index in [0.29, 0.717) is 11.1 Å². The Morgan fingerprint density at radius 3 is 2.36 bits per heavy atom. The van der Waals surface area contributed by atoms with Crippen LogP contribution in [-0.4, -0.2) is 17.6 Å². The number of primary amides is 1. The van der Waals surface area contributed by atoms with Crippen LogP contribution in [-0.2, 0) is 9.53 Å². The molecular weight excluding hydrogens is 298 g/mol. The quantitative estimate of drug-likeness (QED) is 0.656. The van der Waals surface area contributed by atoms with Gasteiger partial charge in [-0.15, -0.1) is 11.8 Å². The number of esters is 1. The fraction of sp³-hybridized carbons (Fsp3) is 0.176. The summed E-state index contributed by atoms with van der Waals surface area (Å²) in [4.78, 5) is 24.8. The standard InChI is InChI=1S/C17H17NO3S/c1-2-22-14-11-7-6-10-13(14)17(20)21-15(16(18)19)12-8-4-3-5-9-12/h3-11,15H,2H2,1H3,(H2,18,19). The lowest BCUT2D eigenvalue weighted by Crippen LogP contribution is -2.26. The maximum absolute atomic E-state index is 12.4. The second-order valence-corrected chi connectivity index (χ2v) is 5.83. The molecule has 2 aromatic carbocycles. The summed E-state index contributed by atoms with van der Waals surface area (Å²) < 4.78 is 5.34. The number of rotatable bonds is 6. The van der Waals surface area contributed by atoms with Crippen LogP contribution >= 0.6 is 11.8 Å². The Morgan fingerprint density at radius 2 is 1.73 bits per heavy atom. The number of ether oxygens (including phenoxy) is 1. The third kappa shape index (κ3) is 3.89. The summed E-state index contributed by atoms with van der Waals surface area (Å²) in [6, 6.07) is 15.9. The number of amides is 1. The second kappa shape index (κ2) is 7.66. The van der Waals surface area contributed by atoms with Crippen molar-refractivity contribution in [1.29, 1.82) is 0 Å². The first-order chi connectivity index (χ1) is 10.6. The molecule has 0 saturated carbocycles. The smallest absolute Gasteiger partial charge is 0.340 e. The molecule has 2 aromatic rings. The van der Waals surface area contributed by atoms with Crippen molar-refractivity contribution in [2.75, 3.05) is 5.75 Å². The van der Waals surface area contributed by atoms with E-state index in [2.05, 4.69) is 0 Å². The molecule has 1 atom stereocenters. The molecule has 0 radical (unpaired) electrons. The molecule has 0 heterocycles. The van der Waals surface area contributed by atoms with Gasteiger partial charge >= 0.3 is 5.97 Å². The Kier molecular flexibility index (Phi) is 5.61. The lowest BCUT2D eigenvalue weighted by Gasteiger charge is -2.16. The number of hydrogen-bond donors (Lipinski definition) is 1. The van der Waals surface area contributed by atoms with Gasteiger partial charge in [0, 0.05) is 10.5 Å². The van der Waals surface area contributed by atoms with Crippen LogP contribution in [0.4, 0.5) is 0 Å². The van der Waals surface area contributed by atoms with Gasteiger partial charge in [-0.25, -0.2) is 4.79 Å². The average molecular weight is 315 g/mol.